The van der Waals surface area contributed by atoms with Crippen molar-refractivity contribution in [3.63, 3.8) is 0 Å². The zero-order valence-electron chi connectivity index (χ0n) is 12.2. The van der Waals surface area contributed by atoms with Crippen LogP contribution in [-0.2, 0) is 10.2 Å². The molecule has 19 heavy (non-hydrogen) atoms. The van der Waals surface area contributed by atoms with Crippen LogP contribution < -0.4 is 10.0 Å². The monoisotopic (exact) mass is 309 g/mol. The van der Waals surface area contributed by atoms with Crippen LogP contribution in [0.25, 0.3) is 0 Å². The lowest BCUT2D eigenvalue weighted by atomic mass is 10.2. The summed E-state index contributed by atoms with van der Waals surface area (Å²) in [4.78, 5) is 0. The number of nitrogens with one attached hydrogen (secondary N) is 2. The molecule has 0 amide bonds. The van der Waals surface area contributed by atoms with E-state index in [9.17, 15) is 8.42 Å². The maximum atomic E-state index is 12.0. The van der Waals surface area contributed by atoms with Crippen molar-refractivity contribution in [1.82, 2.24) is 14.3 Å². The van der Waals surface area contributed by atoms with E-state index in [0.29, 0.717) is 25.0 Å². The van der Waals surface area contributed by atoms with Crippen LogP contribution >= 0.6 is 11.8 Å². The van der Waals surface area contributed by atoms with Gasteiger partial charge in [-0.1, -0.05) is 6.92 Å². The molecule has 5 nitrogen and oxygen atoms in total. The Balaban J connectivity index is 2.17. The third-order valence-electron chi connectivity index (χ3n) is 3.14. The number of hydrogen-bond donors (Lipinski definition) is 2. The van der Waals surface area contributed by atoms with Crippen LogP contribution in [-0.4, -0.2) is 57.5 Å². The molecule has 1 unspecified atom stereocenters. The molecule has 0 spiro atoms. The second kappa shape index (κ2) is 8.46. The Bertz CT molecular complexity index is 345. The fourth-order valence-corrected chi connectivity index (χ4v) is 3.49. The molecule has 1 aliphatic rings. The largest absolute Gasteiger partial charge is 0.314 e. The van der Waals surface area contributed by atoms with Gasteiger partial charge in [-0.15, -0.1) is 0 Å². The molecule has 0 aromatic rings. The second-order valence-electron chi connectivity index (χ2n) is 5.32. The summed E-state index contributed by atoms with van der Waals surface area (Å²) in [6.45, 7) is 4.02. The molecule has 7 heteroatoms. The van der Waals surface area contributed by atoms with Crippen LogP contribution in [0.5, 0.6) is 0 Å². The van der Waals surface area contributed by atoms with Crippen molar-refractivity contribution in [3.8, 4) is 0 Å². The lowest BCUT2D eigenvalue weighted by Crippen LogP contribution is -2.41. The minimum Gasteiger partial charge on any atom is -0.314 e. The number of rotatable bonds is 11. The normalized spacial score (nSPS) is 17.9. The van der Waals surface area contributed by atoms with E-state index in [4.69, 9.17) is 0 Å². The van der Waals surface area contributed by atoms with Gasteiger partial charge in [-0.3, -0.25) is 0 Å². The second-order valence-corrected chi connectivity index (χ2v) is 8.09. The molecule has 0 bridgehead atoms. The van der Waals surface area contributed by atoms with Gasteiger partial charge in [-0.05, 0) is 43.7 Å². The first kappa shape index (κ1) is 17.2. The van der Waals surface area contributed by atoms with Crippen molar-refractivity contribution in [2.45, 2.75) is 32.2 Å². The van der Waals surface area contributed by atoms with E-state index in [-0.39, 0.29) is 0 Å². The van der Waals surface area contributed by atoms with Crippen LogP contribution in [0, 0.1) is 5.92 Å². The maximum absolute atomic E-state index is 12.0. The minimum atomic E-state index is -3.31. The van der Waals surface area contributed by atoms with E-state index in [0.717, 1.165) is 18.7 Å². The highest BCUT2D eigenvalue weighted by atomic mass is 32.2. The number of hydrogen-bond acceptors (Lipinski definition) is 4. The molecule has 1 rings (SSSR count). The molecule has 2 N–H and O–H groups in total. The van der Waals surface area contributed by atoms with Crippen LogP contribution in [0.1, 0.15) is 26.2 Å². The highest BCUT2D eigenvalue weighted by Gasteiger charge is 2.21. The van der Waals surface area contributed by atoms with Gasteiger partial charge >= 0.3 is 0 Å². The van der Waals surface area contributed by atoms with Gasteiger partial charge in [-0.25, -0.2) is 4.72 Å². The first-order chi connectivity index (χ1) is 8.95. The highest BCUT2D eigenvalue weighted by molar-refractivity contribution is 7.98. The van der Waals surface area contributed by atoms with Crippen LogP contribution in [0.3, 0.4) is 0 Å². The van der Waals surface area contributed by atoms with E-state index < -0.39 is 10.2 Å². The van der Waals surface area contributed by atoms with Crippen LogP contribution in [0.2, 0.25) is 0 Å². The Hall–Kier alpha value is 0.180. The minimum absolute atomic E-state index is 0.356. The van der Waals surface area contributed by atoms with Crippen molar-refractivity contribution in [3.05, 3.63) is 0 Å². The molecule has 0 aliphatic heterocycles. The molecular weight excluding hydrogens is 282 g/mol. The molecule has 0 radical (unpaired) electrons. The first-order valence-electron chi connectivity index (χ1n) is 6.89. The van der Waals surface area contributed by atoms with Gasteiger partial charge in [-0.2, -0.15) is 24.5 Å². The predicted molar refractivity (Wildman–Crippen MR) is 82.7 cm³/mol. The first-order valence-corrected chi connectivity index (χ1v) is 9.72. The summed E-state index contributed by atoms with van der Waals surface area (Å²) in [7, 11) is -1.67. The lowest BCUT2D eigenvalue weighted by molar-refractivity contribution is 0.440. The SMILES string of the molecule is CSCC(C)CNS(=O)(=O)N(C)CCCNC1CC1. The van der Waals surface area contributed by atoms with E-state index >= 15 is 0 Å². The van der Waals surface area contributed by atoms with E-state index in [1.54, 1.807) is 18.8 Å². The van der Waals surface area contributed by atoms with Crippen LogP contribution in [0.4, 0.5) is 0 Å². The van der Waals surface area contributed by atoms with Gasteiger partial charge in [0, 0.05) is 26.2 Å². The van der Waals surface area contributed by atoms with Gasteiger partial charge in [0.15, 0.2) is 0 Å². The smallest absolute Gasteiger partial charge is 0.279 e. The zero-order chi connectivity index (χ0) is 14.3. The summed E-state index contributed by atoms with van der Waals surface area (Å²) >= 11 is 1.74. The molecule has 114 valence electrons. The van der Waals surface area contributed by atoms with Crippen molar-refractivity contribution >= 4 is 22.0 Å². The Labute approximate surface area is 122 Å². The molecule has 1 fully saturated rings. The summed E-state index contributed by atoms with van der Waals surface area (Å²) in [6, 6.07) is 0.687. The fourth-order valence-electron chi connectivity index (χ4n) is 1.72. The highest BCUT2D eigenvalue weighted by Crippen LogP contribution is 2.18. The Morgan fingerprint density at radius 1 is 1.42 bits per heavy atom. The lowest BCUT2D eigenvalue weighted by Gasteiger charge is -2.19. The van der Waals surface area contributed by atoms with Gasteiger partial charge in [0.25, 0.3) is 10.2 Å². The zero-order valence-corrected chi connectivity index (χ0v) is 13.8. The fraction of sp³-hybridized carbons (Fsp3) is 1.00. The van der Waals surface area contributed by atoms with E-state index in [1.807, 2.05) is 6.26 Å². The molecule has 1 saturated carbocycles. The summed E-state index contributed by atoms with van der Waals surface area (Å²) in [5.74, 6) is 1.33. The maximum Gasteiger partial charge on any atom is 0.279 e. The van der Waals surface area contributed by atoms with Crippen LogP contribution in [0.15, 0.2) is 0 Å². The van der Waals surface area contributed by atoms with Gasteiger partial charge < -0.3 is 5.32 Å². The summed E-state index contributed by atoms with van der Waals surface area (Å²) in [5.41, 5.74) is 0. The van der Waals surface area contributed by atoms with Crippen molar-refractivity contribution in [2.24, 2.45) is 5.92 Å². The molecular formula is C12H27N3O2S2. The summed E-state index contributed by atoms with van der Waals surface area (Å²) in [5, 5.41) is 3.39. The average molecular weight is 310 g/mol. The van der Waals surface area contributed by atoms with Gasteiger partial charge in [0.1, 0.15) is 0 Å². The molecule has 1 atom stereocenters. The standard InChI is InChI=1S/C12H27N3O2S2/c1-11(10-18-3)9-14-19(16,17)15(2)8-4-7-13-12-5-6-12/h11-14H,4-10H2,1-3H3. The Morgan fingerprint density at radius 2 is 2.11 bits per heavy atom. The molecule has 0 heterocycles. The summed E-state index contributed by atoms with van der Waals surface area (Å²) < 4.78 is 28.0. The number of thioether (sulfide) groups is 1. The third-order valence-corrected chi connectivity index (χ3v) is 5.57. The topological polar surface area (TPSA) is 61.4 Å². The quantitative estimate of drug-likeness (QED) is 0.557. The number of nitrogens with zero attached hydrogens (tertiary/aromatic N) is 1. The molecule has 0 aromatic heterocycles. The summed E-state index contributed by atoms with van der Waals surface area (Å²) in [6.07, 6.45) is 5.42. The van der Waals surface area contributed by atoms with E-state index in [1.165, 1.54) is 17.1 Å². The van der Waals surface area contributed by atoms with Gasteiger partial charge in [0.05, 0.1) is 0 Å². The van der Waals surface area contributed by atoms with Crippen molar-refractivity contribution in [1.29, 1.82) is 0 Å². The van der Waals surface area contributed by atoms with Gasteiger partial charge in [0.2, 0.25) is 0 Å². The van der Waals surface area contributed by atoms with Crippen molar-refractivity contribution < 1.29 is 8.42 Å². The molecule has 0 aromatic carbocycles. The third kappa shape index (κ3) is 7.51. The Kier molecular flexibility index (Phi) is 7.68. The predicted octanol–water partition coefficient (Wildman–Crippen LogP) is 0.894. The average Bonchev–Trinajstić information content (AvgIpc) is 3.16. The van der Waals surface area contributed by atoms with E-state index in [2.05, 4.69) is 17.0 Å². The van der Waals surface area contributed by atoms with Crippen molar-refractivity contribution in [2.75, 3.05) is 38.7 Å². The Morgan fingerprint density at radius 3 is 2.68 bits per heavy atom. The molecule has 1 aliphatic carbocycles. The molecule has 0 saturated heterocycles.